The Morgan fingerprint density at radius 2 is 1.70 bits per heavy atom. The maximum absolute atomic E-state index is 12.7. The third kappa shape index (κ3) is 5.55. The fraction of sp³-hybridized carbons (Fsp3) is 0.350. The van der Waals surface area contributed by atoms with Crippen LogP contribution in [0.5, 0.6) is 5.75 Å². The molecule has 0 aliphatic heterocycles. The molecule has 0 aliphatic rings. The number of methoxy groups -OCH3 is 1. The molecule has 0 radical (unpaired) electrons. The number of hydrogen-bond donors (Lipinski definition) is 2. The number of rotatable bonds is 8. The smallest absolute Gasteiger partial charge is 0.324 e. The van der Waals surface area contributed by atoms with Crippen molar-refractivity contribution >= 4 is 16.0 Å². The molecular weight excluding hydrogens is 366 g/mol. The van der Waals surface area contributed by atoms with Crippen molar-refractivity contribution in [2.75, 3.05) is 7.11 Å². The van der Waals surface area contributed by atoms with Gasteiger partial charge in [0, 0.05) is 0 Å². The van der Waals surface area contributed by atoms with Crippen molar-refractivity contribution in [1.29, 1.82) is 0 Å². The quantitative estimate of drug-likeness (QED) is 0.675. The highest BCUT2D eigenvalue weighted by molar-refractivity contribution is 7.89. The van der Waals surface area contributed by atoms with Gasteiger partial charge in [-0.05, 0) is 54.2 Å². The Morgan fingerprint density at radius 1 is 1.11 bits per heavy atom. The highest BCUT2D eigenvalue weighted by Crippen LogP contribution is 2.21. The van der Waals surface area contributed by atoms with E-state index in [1.165, 1.54) is 19.2 Å². The lowest BCUT2D eigenvalue weighted by Gasteiger charge is -2.17. The van der Waals surface area contributed by atoms with Gasteiger partial charge in [-0.25, -0.2) is 8.42 Å². The number of benzene rings is 2. The molecule has 0 fully saturated rings. The van der Waals surface area contributed by atoms with Crippen LogP contribution in [0.25, 0.3) is 0 Å². The number of carbonyl (C=O) groups excluding carboxylic acids is 1. The lowest BCUT2D eigenvalue weighted by Crippen LogP contribution is -2.42. The van der Waals surface area contributed by atoms with Crippen LogP contribution in [0.4, 0.5) is 0 Å². The second kappa shape index (κ2) is 9.01. The summed E-state index contributed by atoms with van der Waals surface area (Å²) in [5.74, 6) is -0.245. The van der Waals surface area contributed by atoms with Crippen LogP contribution in [0, 0.1) is 0 Å². The largest absolute Gasteiger partial charge is 0.508 e. The summed E-state index contributed by atoms with van der Waals surface area (Å²) >= 11 is 0. The van der Waals surface area contributed by atoms with E-state index in [9.17, 15) is 18.3 Å². The van der Waals surface area contributed by atoms with Crippen LogP contribution in [0.3, 0.4) is 0 Å². The monoisotopic (exact) mass is 391 g/mol. The number of aromatic hydroxyl groups is 1. The van der Waals surface area contributed by atoms with E-state index in [2.05, 4.69) is 18.6 Å². The fourth-order valence-electron chi connectivity index (χ4n) is 2.65. The lowest BCUT2D eigenvalue weighted by molar-refractivity contribution is -0.142. The van der Waals surface area contributed by atoms with E-state index in [4.69, 9.17) is 4.74 Å². The third-order valence-corrected chi connectivity index (χ3v) is 6.02. The molecule has 0 aliphatic carbocycles. The SMILES string of the molecule is CCC(C)c1ccc(S(=O)(=O)NC(Cc2ccc(O)cc2)C(=O)OC)cc1. The molecule has 2 aromatic carbocycles. The molecule has 0 amide bonds. The molecule has 7 heteroatoms. The number of nitrogens with one attached hydrogen (secondary N) is 1. The Bertz CT molecular complexity index is 860. The number of hydrogen-bond acceptors (Lipinski definition) is 5. The zero-order valence-electron chi connectivity index (χ0n) is 15.7. The summed E-state index contributed by atoms with van der Waals surface area (Å²) in [7, 11) is -2.68. The first-order chi connectivity index (χ1) is 12.8. The Morgan fingerprint density at radius 3 is 2.22 bits per heavy atom. The van der Waals surface area contributed by atoms with Gasteiger partial charge in [0.2, 0.25) is 10.0 Å². The predicted octanol–water partition coefficient (Wildman–Crippen LogP) is 2.97. The van der Waals surface area contributed by atoms with E-state index in [1.54, 1.807) is 36.4 Å². The highest BCUT2D eigenvalue weighted by atomic mass is 32.2. The molecule has 0 aromatic heterocycles. The molecule has 0 saturated carbocycles. The minimum atomic E-state index is -3.89. The molecule has 2 atom stereocenters. The third-order valence-electron chi connectivity index (χ3n) is 4.53. The molecule has 2 rings (SSSR count). The van der Waals surface area contributed by atoms with Crippen molar-refractivity contribution in [2.45, 2.75) is 43.5 Å². The molecule has 0 spiro atoms. The number of phenols is 1. The number of sulfonamides is 1. The summed E-state index contributed by atoms with van der Waals surface area (Å²) in [6.07, 6.45) is 1.07. The first-order valence-corrected chi connectivity index (χ1v) is 10.2. The van der Waals surface area contributed by atoms with Crippen molar-refractivity contribution in [3.05, 3.63) is 59.7 Å². The Labute approximate surface area is 160 Å². The summed E-state index contributed by atoms with van der Waals surface area (Å²) < 4.78 is 32.6. The molecule has 0 heterocycles. The average molecular weight is 391 g/mol. The van der Waals surface area contributed by atoms with Crippen LogP contribution >= 0.6 is 0 Å². The molecule has 27 heavy (non-hydrogen) atoms. The van der Waals surface area contributed by atoms with Gasteiger partial charge in [-0.1, -0.05) is 38.1 Å². The van der Waals surface area contributed by atoms with E-state index in [-0.39, 0.29) is 17.1 Å². The van der Waals surface area contributed by atoms with Crippen LogP contribution < -0.4 is 4.72 Å². The lowest BCUT2D eigenvalue weighted by atomic mass is 9.99. The van der Waals surface area contributed by atoms with Crippen LogP contribution in [-0.2, 0) is 26.0 Å². The van der Waals surface area contributed by atoms with Gasteiger partial charge in [-0.3, -0.25) is 4.79 Å². The summed E-state index contributed by atoms with van der Waals surface area (Å²) in [4.78, 5) is 12.2. The minimum absolute atomic E-state index is 0.0918. The minimum Gasteiger partial charge on any atom is -0.508 e. The van der Waals surface area contributed by atoms with Gasteiger partial charge < -0.3 is 9.84 Å². The van der Waals surface area contributed by atoms with E-state index >= 15 is 0 Å². The van der Waals surface area contributed by atoms with Crippen LogP contribution in [0.2, 0.25) is 0 Å². The van der Waals surface area contributed by atoms with E-state index in [1.807, 2.05) is 0 Å². The van der Waals surface area contributed by atoms with Crippen molar-refractivity contribution in [3.8, 4) is 5.75 Å². The first kappa shape index (κ1) is 20.9. The van der Waals surface area contributed by atoms with Crippen molar-refractivity contribution in [1.82, 2.24) is 4.72 Å². The number of esters is 1. The second-order valence-electron chi connectivity index (χ2n) is 6.45. The number of phenolic OH excluding ortho intramolecular Hbond substituents is 1. The predicted molar refractivity (Wildman–Crippen MR) is 103 cm³/mol. The van der Waals surface area contributed by atoms with Crippen LogP contribution in [0.15, 0.2) is 53.4 Å². The molecule has 2 N–H and O–H groups in total. The molecule has 0 saturated heterocycles. The van der Waals surface area contributed by atoms with Gasteiger partial charge in [0.1, 0.15) is 11.8 Å². The van der Waals surface area contributed by atoms with E-state index < -0.39 is 22.0 Å². The van der Waals surface area contributed by atoms with Gasteiger partial charge in [-0.15, -0.1) is 0 Å². The first-order valence-electron chi connectivity index (χ1n) is 8.74. The molecule has 146 valence electrons. The van der Waals surface area contributed by atoms with Crippen LogP contribution in [-0.4, -0.2) is 32.6 Å². The molecular formula is C20H25NO5S. The summed E-state index contributed by atoms with van der Waals surface area (Å²) in [5, 5.41) is 9.36. The van der Waals surface area contributed by atoms with Gasteiger partial charge in [0.25, 0.3) is 0 Å². The maximum atomic E-state index is 12.7. The van der Waals surface area contributed by atoms with Crippen molar-refractivity contribution in [2.24, 2.45) is 0 Å². The zero-order chi connectivity index (χ0) is 20.0. The van der Waals surface area contributed by atoms with Crippen molar-refractivity contribution < 1.29 is 23.1 Å². The Hall–Kier alpha value is -2.38. The topological polar surface area (TPSA) is 92.7 Å². The Balaban J connectivity index is 2.21. The van der Waals surface area contributed by atoms with Crippen molar-refractivity contribution in [3.63, 3.8) is 0 Å². The summed E-state index contributed by atoms with van der Waals surface area (Å²) in [5.41, 5.74) is 1.75. The van der Waals surface area contributed by atoms with E-state index in [0.717, 1.165) is 12.0 Å². The normalized spacial score (nSPS) is 13.7. The van der Waals surface area contributed by atoms with Gasteiger partial charge >= 0.3 is 5.97 Å². The molecule has 0 bridgehead atoms. The van der Waals surface area contributed by atoms with Gasteiger partial charge in [0.15, 0.2) is 0 Å². The molecule has 6 nitrogen and oxygen atoms in total. The summed E-state index contributed by atoms with van der Waals surface area (Å²) in [6.45, 7) is 4.15. The zero-order valence-corrected chi connectivity index (χ0v) is 16.5. The van der Waals surface area contributed by atoms with Crippen LogP contribution in [0.1, 0.15) is 37.3 Å². The molecule has 2 aromatic rings. The van der Waals surface area contributed by atoms with Gasteiger partial charge in [-0.2, -0.15) is 4.72 Å². The van der Waals surface area contributed by atoms with Gasteiger partial charge in [0.05, 0.1) is 12.0 Å². The number of carbonyl (C=O) groups is 1. The maximum Gasteiger partial charge on any atom is 0.324 e. The standard InChI is InChI=1S/C20H25NO5S/c1-4-14(2)16-7-11-18(12-8-16)27(24,25)21-19(20(23)26-3)13-15-5-9-17(22)10-6-15/h5-12,14,19,21-22H,4,13H2,1-3H3. The second-order valence-corrected chi connectivity index (χ2v) is 8.16. The average Bonchev–Trinajstić information content (AvgIpc) is 2.67. The highest BCUT2D eigenvalue weighted by Gasteiger charge is 2.27. The summed E-state index contributed by atoms with van der Waals surface area (Å²) in [6, 6.07) is 11.8. The molecule has 2 unspecified atom stereocenters. The Kier molecular flexibility index (Phi) is 6.98. The fourth-order valence-corrected chi connectivity index (χ4v) is 3.83. The van der Waals surface area contributed by atoms with E-state index in [0.29, 0.717) is 11.5 Å². The number of ether oxygens (including phenoxy) is 1.